The summed E-state index contributed by atoms with van der Waals surface area (Å²) < 4.78 is 0. The van der Waals surface area contributed by atoms with Crippen molar-refractivity contribution in [2.24, 2.45) is 5.73 Å². The summed E-state index contributed by atoms with van der Waals surface area (Å²) in [5.74, 6) is -0.580. The number of aromatic nitrogens is 1. The highest BCUT2D eigenvalue weighted by atomic mass is 16.2. The Hall–Kier alpha value is -1.91. The van der Waals surface area contributed by atoms with Crippen LogP contribution in [0.2, 0.25) is 0 Å². The van der Waals surface area contributed by atoms with Crippen LogP contribution in [-0.2, 0) is 4.79 Å². The SMILES string of the molecule is NC(=O)C1CCCN1C(=O)c1ccncc1. The first-order chi connectivity index (χ1) is 7.70. The number of carbonyl (C=O) groups is 2. The minimum atomic E-state index is -0.458. The van der Waals surface area contributed by atoms with Gasteiger partial charge in [-0.05, 0) is 25.0 Å². The van der Waals surface area contributed by atoms with Crippen LogP contribution in [0.25, 0.3) is 0 Å². The summed E-state index contributed by atoms with van der Waals surface area (Å²) in [5.41, 5.74) is 5.80. The molecule has 0 spiro atoms. The highest BCUT2D eigenvalue weighted by Gasteiger charge is 2.32. The van der Waals surface area contributed by atoms with Crippen LogP contribution in [0.15, 0.2) is 24.5 Å². The standard InChI is InChI=1S/C11H13N3O2/c12-10(15)9-2-1-7-14(9)11(16)8-3-5-13-6-4-8/h3-6,9H,1-2,7H2,(H2,12,15). The van der Waals surface area contributed by atoms with Gasteiger partial charge in [-0.25, -0.2) is 0 Å². The monoisotopic (exact) mass is 219 g/mol. The zero-order chi connectivity index (χ0) is 11.5. The van der Waals surface area contributed by atoms with E-state index in [0.717, 1.165) is 6.42 Å². The van der Waals surface area contributed by atoms with Crippen molar-refractivity contribution < 1.29 is 9.59 Å². The Balaban J connectivity index is 2.19. The van der Waals surface area contributed by atoms with E-state index in [1.807, 2.05) is 0 Å². The van der Waals surface area contributed by atoms with Crippen LogP contribution in [0, 0.1) is 0 Å². The Kier molecular flexibility index (Phi) is 2.85. The van der Waals surface area contributed by atoms with Crippen molar-refractivity contribution in [3.8, 4) is 0 Å². The first-order valence-electron chi connectivity index (χ1n) is 5.20. The Morgan fingerprint density at radius 3 is 2.69 bits per heavy atom. The zero-order valence-electron chi connectivity index (χ0n) is 8.80. The molecule has 1 aliphatic heterocycles. The predicted molar refractivity (Wildman–Crippen MR) is 57.5 cm³/mol. The van der Waals surface area contributed by atoms with Crippen molar-refractivity contribution >= 4 is 11.8 Å². The summed E-state index contributed by atoms with van der Waals surface area (Å²) in [7, 11) is 0. The van der Waals surface area contributed by atoms with E-state index in [4.69, 9.17) is 5.73 Å². The van der Waals surface area contributed by atoms with E-state index in [1.165, 1.54) is 4.90 Å². The van der Waals surface area contributed by atoms with E-state index in [0.29, 0.717) is 18.5 Å². The smallest absolute Gasteiger partial charge is 0.254 e. The van der Waals surface area contributed by atoms with Crippen LogP contribution < -0.4 is 5.73 Å². The van der Waals surface area contributed by atoms with Crippen molar-refractivity contribution in [3.05, 3.63) is 30.1 Å². The van der Waals surface area contributed by atoms with Gasteiger partial charge in [0.05, 0.1) is 0 Å². The molecule has 84 valence electrons. The van der Waals surface area contributed by atoms with Gasteiger partial charge in [0.1, 0.15) is 6.04 Å². The Bertz CT molecular complexity index is 405. The summed E-state index contributed by atoms with van der Waals surface area (Å²) >= 11 is 0. The van der Waals surface area contributed by atoms with Crippen molar-refractivity contribution in [1.29, 1.82) is 0 Å². The van der Waals surface area contributed by atoms with E-state index in [9.17, 15) is 9.59 Å². The van der Waals surface area contributed by atoms with Crippen LogP contribution in [0.1, 0.15) is 23.2 Å². The number of pyridine rings is 1. The van der Waals surface area contributed by atoms with Gasteiger partial charge in [0.15, 0.2) is 0 Å². The molecule has 2 rings (SSSR count). The number of hydrogen-bond acceptors (Lipinski definition) is 3. The number of hydrogen-bond donors (Lipinski definition) is 1. The predicted octanol–water partition coefficient (Wildman–Crippen LogP) is 0.171. The minimum Gasteiger partial charge on any atom is -0.368 e. The quantitative estimate of drug-likeness (QED) is 0.770. The Morgan fingerprint density at radius 2 is 2.06 bits per heavy atom. The summed E-state index contributed by atoms with van der Waals surface area (Å²) in [6.45, 7) is 0.592. The molecule has 2 N–H and O–H groups in total. The molecule has 5 heteroatoms. The molecule has 5 nitrogen and oxygen atoms in total. The average Bonchev–Trinajstić information content (AvgIpc) is 2.78. The number of rotatable bonds is 2. The lowest BCUT2D eigenvalue weighted by molar-refractivity contribution is -0.121. The minimum absolute atomic E-state index is 0.149. The van der Waals surface area contributed by atoms with Gasteiger partial charge in [-0.1, -0.05) is 0 Å². The second-order valence-corrected chi connectivity index (χ2v) is 3.79. The Labute approximate surface area is 93.3 Å². The molecule has 0 radical (unpaired) electrons. The lowest BCUT2D eigenvalue weighted by atomic mass is 10.2. The van der Waals surface area contributed by atoms with Crippen molar-refractivity contribution in [3.63, 3.8) is 0 Å². The summed E-state index contributed by atoms with van der Waals surface area (Å²) in [5, 5.41) is 0. The molecule has 1 aliphatic rings. The van der Waals surface area contributed by atoms with Crippen LogP contribution in [-0.4, -0.2) is 34.3 Å². The van der Waals surface area contributed by atoms with Crippen molar-refractivity contribution in [2.75, 3.05) is 6.54 Å². The molecule has 1 fully saturated rings. The fourth-order valence-corrected chi connectivity index (χ4v) is 1.97. The highest BCUT2D eigenvalue weighted by Crippen LogP contribution is 2.19. The maximum absolute atomic E-state index is 12.1. The summed E-state index contributed by atoms with van der Waals surface area (Å²) in [4.78, 5) is 28.6. The topological polar surface area (TPSA) is 76.3 Å². The lowest BCUT2D eigenvalue weighted by Gasteiger charge is -2.21. The molecule has 0 saturated carbocycles. The molecule has 2 heterocycles. The molecular weight excluding hydrogens is 206 g/mol. The normalized spacial score (nSPS) is 19.8. The number of amides is 2. The van der Waals surface area contributed by atoms with Crippen LogP contribution in [0.3, 0.4) is 0 Å². The second kappa shape index (κ2) is 4.30. The maximum atomic E-state index is 12.1. The molecule has 2 amide bonds. The number of carbonyl (C=O) groups excluding carboxylic acids is 2. The largest absolute Gasteiger partial charge is 0.368 e. The molecular formula is C11H13N3O2. The van der Waals surface area contributed by atoms with E-state index in [-0.39, 0.29) is 5.91 Å². The van der Waals surface area contributed by atoms with E-state index in [2.05, 4.69) is 4.98 Å². The van der Waals surface area contributed by atoms with Crippen LogP contribution >= 0.6 is 0 Å². The molecule has 0 bridgehead atoms. The molecule has 0 aromatic carbocycles. The van der Waals surface area contributed by atoms with E-state index in [1.54, 1.807) is 24.5 Å². The average molecular weight is 219 g/mol. The van der Waals surface area contributed by atoms with Gasteiger partial charge in [0.25, 0.3) is 5.91 Å². The number of nitrogens with zero attached hydrogens (tertiary/aromatic N) is 2. The van der Waals surface area contributed by atoms with Crippen molar-refractivity contribution in [1.82, 2.24) is 9.88 Å². The summed E-state index contributed by atoms with van der Waals surface area (Å²) in [6, 6.07) is 2.82. The third-order valence-corrected chi connectivity index (χ3v) is 2.77. The molecule has 0 aliphatic carbocycles. The zero-order valence-corrected chi connectivity index (χ0v) is 8.80. The number of primary amides is 1. The first kappa shape index (κ1) is 10.6. The summed E-state index contributed by atoms with van der Waals surface area (Å²) in [6.07, 6.45) is 4.60. The highest BCUT2D eigenvalue weighted by molar-refractivity contribution is 5.97. The fraction of sp³-hybridized carbons (Fsp3) is 0.364. The third-order valence-electron chi connectivity index (χ3n) is 2.77. The fourth-order valence-electron chi connectivity index (χ4n) is 1.97. The lowest BCUT2D eigenvalue weighted by Crippen LogP contribution is -2.43. The van der Waals surface area contributed by atoms with Gasteiger partial charge in [-0.2, -0.15) is 0 Å². The van der Waals surface area contributed by atoms with Crippen LogP contribution in [0.5, 0.6) is 0 Å². The maximum Gasteiger partial charge on any atom is 0.254 e. The second-order valence-electron chi connectivity index (χ2n) is 3.79. The van der Waals surface area contributed by atoms with Crippen molar-refractivity contribution in [2.45, 2.75) is 18.9 Å². The molecule has 1 aromatic rings. The van der Waals surface area contributed by atoms with Gasteiger partial charge < -0.3 is 10.6 Å². The number of likely N-dealkylation sites (tertiary alicyclic amines) is 1. The van der Waals surface area contributed by atoms with E-state index >= 15 is 0 Å². The van der Waals surface area contributed by atoms with Gasteiger partial charge in [-0.3, -0.25) is 14.6 Å². The third kappa shape index (κ3) is 1.88. The van der Waals surface area contributed by atoms with Crippen LogP contribution in [0.4, 0.5) is 0 Å². The first-order valence-corrected chi connectivity index (χ1v) is 5.20. The van der Waals surface area contributed by atoms with Gasteiger partial charge in [0, 0.05) is 24.5 Å². The molecule has 1 unspecified atom stereocenters. The number of nitrogens with two attached hydrogens (primary N) is 1. The molecule has 1 atom stereocenters. The van der Waals surface area contributed by atoms with Gasteiger partial charge >= 0.3 is 0 Å². The van der Waals surface area contributed by atoms with Gasteiger partial charge in [-0.15, -0.1) is 0 Å². The molecule has 1 aromatic heterocycles. The Morgan fingerprint density at radius 1 is 1.38 bits per heavy atom. The molecule has 16 heavy (non-hydrogen) atoms. The van der Waals surface area contributed by atoms with E-state index < -0.39 is 11.9 Å². The van der Waals surface area contributed by atoms with Gasteiger partial charge in [0.2, 0.25) is 5.91 Å². The molecule has 1 saturated heterocycles.